The Hall–Kier alpha value is -2.87. The second-order valence-corrected chi connectivity index (χ2v) is 7.00. The minimum atomic E-state index is -0.941. The van der Waals surface area contributed by atoms with Crippen molar-refractivity contribution in [1.29, 1.82) is 0 Å². The molecule has 8 nitrogen and oxygen atoms in total. The van der Waals surface area contributed by atoms with E-state index in [0.29, 0.717) is 31.9 Å². The van der Waals surface area contributed by atoms with Gasteiger partial charge in [0.2, 0.25) is 0 Å². The second kappa shape index (κ2) is 6.70. The molecular weight excluding hydrogens is 350 g/mol. The first kappa shape index (κ1) is 17.5. The van der Waals surface area contributed by atoms with Crippen LogP contribution < -0.4 is 4.74 Å². The van der Waals surface area contributed by atoms with Crippen molar-refractivity contribution < 1.29 is 24.2 Å². The molecule has 1 aromatic heterocycles. The number of likely N-dealkylation sites (tertiary alicyclic amines) is 1. The first-order chi connectivity index (χ1) is 13.0. The number of hydrogen-bond acceptors (Lipinski definition) is 5. The van der Waals surface area contributed by atoms with E-state index in [1.54, 1.807) is 15.8 Å². The summed E-state index contributed by atoms with van der Waals surface area (Å²) in [5.41, 5.74) is 0.0465. The molecule has 0 aliphatic carbocycles. The quantitative estimate of drug-likeness (QED) is 0.874. The Bertz CT molecular complexity index is 865. The summed E-state index contributed by atoms with van der Waals surface area (Å²) in [5.74, 6) is -1.04. The van der Waals surface area contributed by atoms with Crippen LogP contribution in [-0.4, -0.2) is 65.1 Å². The minimum Gasteiger partial charge on any atom is -0.493 e. The minimum absolute atomic E-state index is 0.163. The number of carboxylic acid groups (broad SMARTS) is 1. The van der Waals surface area contributed by atoms with Gasteiger partial charge in [0.25, 0.3) is 5.91 Å². The van der Waals surface area contributed by atoms with Crippen molar-refractivity contribution in [2.75, 3.05) is 33.4 Å². The Morgan fingerprint density at radius 3 is 2.78 bits per heavy atom. The van der Waals surface area contributed by atoms with E-state index < -0.39 is 11.4 Å². The van der Waals surface area contributed by atoms with Crippen molar-refractivity contribution in [3.05, 3.63) is 42.2 Å². The molecular formula is C19H21N3O5. The van der Waals surface area contributed by atoms with E-state index in [1.807, 2.05) is 30.3 Å². The number of nitrogens with zero attached hydrogens (tertiary/aromatic N) is 3. The highest BCUT2D eigenvalue weighted by molar-refractivity contribution is 5.96. The highest BCUT2D eigenvalue weighted by Crippen LogP contribution is 2.43. The lowest BCUT2D eigenvalue weighted by Crippen LogP contribution is -2.45. The molecule has 1 N–H and O–H groups in total. The van der Waals surface area contributed by atoms with Crippen LogP contribution in [0.5, 0.6) is 5.75 Å². The highest BCUT2D eigenvalue weighted by Gasteiger charge is 2.55. The van der Waals surface area contributed by atoms with Crippen LogP contribution in [0.1, 0.15) is 16.9 Å². The number of fused-ring (bicyclic) bond motifs is 1. The molecule has 1 aromatic carbocycles. The number of carboxylic acids is 1. The third-order valence-electron chi connectivity index (χ3n) is 5.54. The van der Waals surface area contributed by atoms with Crippen molar-refractivity contribution in [1.82, 2.24) is 14.7 Å². The molecule has 2 fully saturated rings. The number of rotatable bonds is 4. The number of ether oxygens (including phenoxy) is 2. The molecule has 2 atom stereocenters. The molecule has 0 saturated carbocycles. The summed E-state index contributed by atoms with van der Waals surface area (Å²) in [6.45, 7) is 1.26. The summed E-state index contributed by atoms with van der Waals surface area (Å²) < 4.78 is 12.4. The zero-order valence-corrected chi connectivity index (χ0v) is 15.0. The van der Waals surface area contributed by atoms with Gasteiger partial charge in [0.15, 0.2) is 11.4 Å². The predicted octanol–water partition coefficient (Wildman–Crippen LogP) is 1.44. The number of hydrogen-bond donors (Lipinski definition) is 1. The molecule has 0 unspecified atom stereocenters. The van der Waals surface area contributed by atoms with Gasteiger partial charge < -0.3 is 19.5 Å². The van der Waals surface area contributed by atoms with Crippen LogP contribution in [0.15, 0.2) is 36.5 Å². The third-order valence-corrected chi connectivity index (χ3v) is 5.54. The van der Waals surface area contributed by atoms with Gasteiger partial charge in [0.1, 0.15) is 0 Å². The van der Waals surface area contributed by atoms with Crippen molar-refractivity contribution in [3.63, 3.8) is 0 Å². The van der Waals surface area contributed by atoms with Crippen molar-refractivity contribution in [2.45, 2.75) is 6.42 Å². The fourth-order valence-corrected chi connectivity index (χ4v) is 3.97. The van der Waals surface area contributed by atoms with Gasteiger partial charge in [-0.05, 0) is 18.6 Å². The van der Waals surface area contributed by atoms with E-state index >= 15 is 0 Å². The van der Waals surface area contributed by atoms with Gasteiger partial charge in [0.05, 0.1) is 31.0 Å². The van der Waals surface area contributed by atoms with Gasteiger partial charge in [-0.2, -0.15) is 5.10 Å². The number of benzene rings is 1. The maximum absolute atomic E-state index is 13.1. The molecule has 2 saturated heterocycles. The monoisotopic (exact) mass is 371 g/mol. The Morgan fingerprint density at radius 1 is 1.33 bits per heavy atom. The van der Waals surface area contributed by atoms with E-state index in [-0.39, 0.29) is 24.1 Å². The second-order valence-electron chi connectivity index (χ2n) is 7.00. The number of methoxy groups -OCH3 is 1. The number of aromatic nitrogens is 2. The number of carbonyl (C=O) groups excluding carboxylic acids is 1. The Morgan fingerprint density at radius 2 is 2.11 bits per heavy atom. The topological polar surface area (TPSA) is 93.9 Å². The van der Waals surface area contributed by atoms with E-state index in [9.17, 15) is 14.7 Å². The van der Waals surface area contributed by atoms with Crippen LogP contribution in [0.2, 0.25) is 0 Å². The number of aliphatic carboxylic acids is 1. The summed E-state index contributed by atoms with van der Waals surface area (Å²) >= 11 is 0. The van der Waals surface area contributed by atoms with Crippen LogP contribution in [0, 0.1) is 11.3 Å². The fourth-order valence-electron chi connectivity index (χ4n) is 3.97. The van der Waals surface area contributed by atoms with Gasteiger partial charge in [-0.15, -0.1) is 0 Å². The number of para-hydroxylation sites is 1. The molecule has 2 aliphatic rings. The molecule has 4 rings (SSSR count). The maximum Gasteiger partial charge on any atom is 0.311 e. The first-order valence-corrected chi connectivity index (χ1v) is 8.84. The summed E-state index contributed by atoms with van der Waals surface area (Å²) in [7, 11) is 1.49. The smallest absolute Gasteiger partial charge is 0.311 e. The Labute approximate surface area is 156 Å². The highest BCUT2D eigenvalue weighted by atomic mass is 16.5. The molecule has 2 aromatic rings. The average molecular weight is 371 g/mol. The summed E-state index contributed by atoms with van der Waals surface area (Å²) in [4.78, 5) is 26.6. The van der Waals surface area contributed by atoms with Gasteiger partial charge in [0, 0.05) is 25.6 Å². The molecule has 2 aliphatic heterocycles. The zero-order chi connectivity index (χ0) is 19.0. The standard InChI is InChI=1S/C19H21N3O5/c1-26-15-10-22(14-5-3-2-4-6-14)20-16(15)17(23)21-9-13-11-27-8-7-19(13,12-21)18(24)25/h2-6,10,13H,7-9,11-12H2,1H3,(H,24,25)/t13-,19+/m0/s1. The molecule has 142 valence electrons. The van der Waals surface area contributed by atoms with Crippen molar-refractivity contribution in [3.8, 4) is 11.4 Å². The molecule has 0 bridgehead atoms. The Kier molecular flexibility index (Phi) is 4.35. The SMILES string of the molecule is COc1cn(-c2ccccc2)nc1C(=O)N1C[C@H]2COCC[C@@]2(C(=O)O)C1. The van der Waals surface area contributed by atoms with Gasteiger partial charge in [-0.1, -0.05) is 18.2 Å². The third kappa shape index (κ3) is 2.86. The molecule has 3 heterocycles. The predicted molar refractivity (Wildman–Crippen MR) is 95.0 cm³/mol. The lowest BCUT2D eigenvalue weighted by Gasteiger charge is -2.33. The lowest BCUT2D eigenvalue weighted by molar-refractivity contribution is -0.157. The van der Waals surface area contributed by atoms with Crippen LogP contribution >= 0.6 is 0 Å². The summed E-state index contributed by atoms with van der Waals surface area (Å²) in [6, 6.07) is 9.42. The van der Waals surface area contributed by atoms with Crippen LogP contribution in [0.4, 0.5) is 0 Å². The summed E-state index contributed by atoms with van der Waals surface area (Å²) in [6.07, 6.45) is 2.06. The van der Waals surface area contributed by atoms with Crippen LogP contribution in [-0.2, 0) is 9.53 Å². The largest absolute Gasteiger partial charge is 0.493 e. The summed E-state index contributed by atoms with van der Waals surface area (Å²) in [5, 5.41) is 14.2. The average Bonchev–Trinajstić information content (AvgIpc) is 3.30. The maximum atomic E-state index is 13.1. The Balaban J connectivity index is 1.64. The molecule has 27 heavy (non-hydrogen) atoms. The van der Waals surface area contributed by atoms with Crippen molar-refractivity contribution >= 4 is 11.9 Å². The molecule has 1 amide bonds. The normalized spacial score (nSPS) is 24.5. The van der Waals surface area contributed by atoms with Crippen LogP contribution in [0.3, 0.4) is 0 Å². The van der Waals surface area contributed by atoms with E-state index in [0.717, 1.165) is 5.69 Å². The van der Waals surface area contributed by atoms with Crippen LogP contribution in [0.25, 0.3) is 5.69 Å². The van der Waals surface area contributed by atoms with Gasteiger partial charge in [-0.3, -0.25) is 9.59 Å². The lowest BCUT2D eigenvalue weighted by atomic mass is 9.74. The first-order valence-electron chi connectivity index (χ1n) is 8.84. The van der Waals surface area contributed by atoms with E-state index in [4.69, 9.17) is 9.47 Å². The molecule has 0 spiro atoms. The van der Waals surface area contributed by atoms with Gasteiger partial charge >= 0.3 is 5.97 Å². The molecule has 8 heteroatoms. The van der Waals surface area contributed by atoms with Gasteiger partial charge in [-0.25, -0.2) is 4.68 Å². The number of carbonyl (C=O) groups is 2. The zero-order valence-electron chi connectivity index (χ0n) is 15.0. The molecule has 0 radical (unpaired) electrons. The fraction of sp³-hybridized carbons (Fsp3) is 0.421. The van der Waals surface area contributed by atoms with E-state index in [1.165, 1.54) is 7.11 Å². The number of amides is 1. The van der Waals surface area contributed by atoms with E-state index in [2.05, 4.69) is 5.10 Å². The van der Waals surface area contributed by atoms with Crippen molar-refractivity contribution in [2.24, 2.45) is 11.3 Å².